The predicted molar refractivity (Wildman–Crippen MR) is 53.0 cm³/mol. The number of ketones is 1. The van der Waals surface area contributed by atoms with E-state index in [2.05, 4.69) is 13.2 Å². The van der Waals surface area contributed by atoms with E-state index < -0.39 is 0 Å². The van der Waals surface area contributed by atoms with Crippen LogP contribution in [0.1, 0.15) is 33.1 Å². The second-order valence-corrected chi connectivity index (χ2v) is 3.35. The lowest BCUT2D eigenvalue weighted by atomic mass is 9.98. The van der Waals surface area contributed by atoms with E-state index in [1.165, 1.54) is 0 Å². The molecule has 0 aliphatic rings. The van der Waals surface area contributed by atoms with Gasteiger partial charge in [0.15, 0.2) is 0 Å². The zero-order valence-corrected chi connectivity index (χ0v) is 8.10. The average molecular weight is 166 g/mol. The first-order valence-corrected chi connectivity index (χ1v) is 4.36. The molecule has 1 heteroatoms. The van der Waals surface area contributed by atoms with Crippen LogP contribution in [0.3, 0.4) is 0 Å². The van der Waals surface area contributed by atoms with Gasteiger partial charge in [0.05, 0.1) is 0 Å². The molecule has 0 radical (unpaired) electrons. The van der Waals surface area contributed by atoms with Crippen LogP contribution in [0.5, 0.6) is 0 Å². The maximum atomic E-state index is 11.3. The van der Waals surface area contributed by atoms with Crippen LogP contribution in [0, 0.1) is 5.92 Å². The van der Waals surface area contributed by atoms with E-state index in [0.29, 0.717) is 12.2 Å². The maximum Gasteiger partial charge on any atom is 0.136 e. The topological polar surface area (TPSA) is 17.1 Å². The first-order chi connectivity index (χ1) is 5.57. The third kappa shape index (κ3) is 4.89. The summed E-state index contributed by atoms with van der Waals surface area (Å²) in [7, 11) is 0. The number of rotatable bonds is 6. The number of allylic oxidation sites excluding steroid dienone is 2. The Bertz CT molecular complexity index is 179. The van der Waals surface area contributed by atoms with Crippen LogP contribution in [0.4, 0.5) is 0 Å². The van der Waals surface area contributed by atoms with Gasteiger partial charge in [-0.05, 0) is 19.8 Å². The summed E-state index contributed by atoms with van der Waals surface area (Å²) in [5, 5.41) is 0. The molecule has 1 unspecified atom stereocenters. The van der Waals surface area contributed by atoms with Crippen molar-refractivity contribution >= 4 is 5.78 Å². The Labute approximate surface area is 75.2 Å². The first kappa shape index (κ1) is 11.2. The normalized spacial score (nSPS) is 12.2. The van der Waals surface area contributed by atoms with Gasteiger partial charge in [-0.15, -0.1) is 13.2 Å². The van der Waals surface area contributed by atoms with Crippen LogP contribution >= 0.6 is 0 Å². The van der Waals surface area contributed by atoms with Gasteiger partial charge in [-0.25, -0.2) is 0 Å². The Morgan fingerprint density at radius 3 is 2.50 bits per heavy atom. The number of carbonyl (C=O) groups is 1. The highest BCUT2D eigenvalue weighted by Crippen LogP contribution is 2.10. The molecule has 0 aliphatic heterocycles. The Hall–Kier alpha value is -0.850. The fraction of sp³-hybridized carbons (Fsp3) is 0.545. The van der Waals surface area contributed by atoms with Gasteiger partial charge in [0, 0.05) is 12.3 Å². The monoisotopic (exact) mass is 166 g/mol. The average Bonchev–Trinajstić information content (AvgIpc) is 2.00. The van der Waals surface area contributed by atoms with Gasteiger partial charge in [0.2, 0.25) is 0 Å². The molecule has 0 bridgehead atoms. The van der Waals surface area contributed by atoms with Crippen LogP contribution in [-0.2, 0) is 4.79 Å². The van der Waals surface area contributed by atoms with E-state index in [9.17, 15) is 4.79 Å². The minimum atomic E-state index is 0.127. The fourth-order valence-corrected chi connectivity index (χ4v) is 0.964. The predicted octanol–water partition coefficient (Wildman–Crippen LogP) is 3.12. The number of hydrogen-bond acceptors (Lipinski definition) is 1. The van der Waals surface area contributed by atoms with Crippen molar-refractivity contribution in [2.75, 3.05) is 0 Å². The molecule has 0 aliphatic carbocycles. The van der Waals surface area contributed by atoms with E-state index in [0.717, 1.165) is 18.4 Å². The summed E-state index contributed by atoms with van der Waals surface area (Å²) in [5.74, 6) is 0.444. The molecule has 0 aromatic carbocycles. The Morgan fingerprint density at radius 2 is 2.08 bits per heavy atom. The lowest BCUT2D eigenvalue weighted by Crippen LogP contribution is -2.09. The van der Waals surface area contributed by atoms with E-state index >= 15 is 0 Å². The van der Waals surface area contributed by atoms with E-state index in [1.54, 1.807) is 6.08 Å². The molecule has 0 spiro atoms. The Balaban J connectivity index is 3.71. The van der Waals surface area contributed by atoms with Crippen LogP contribution < -0.4 is 0 Å². The highest BCUT2D eigenvalue weighted by atomic mass is 16.1. The molecule has 0 N–H and O–H groups in total. The molecule has 12 heavy (non-hydrogen) atoms. The van der Waals surface area contributed by atoms with Crippen molar-refractivity contribution in [3.63, 3.8) is 0 Å². The molecule has 0 amide bonds. The highest BCUT2D eigenvalue weighted by Gasteiger charge is 2.09. The summed E-state index contributed by atoms with van der Waals surface area (Å²) < 4.78 is 0. The summed E-state index contributed by atoms with van der Waals surface area (Å²) >= 11 is 0. The van der Waals surface area contributed by atoms with Gasteiger partial charge < -0.3 is 0 Å². The molecule has 0 heterocycles. The molecule has 68 valence electrons. The summed E-state index contributed by atoms with van der Waals surface area (Å²) in [6.45, 7) is 11.3. The lowest BCUT2D eigenvalue weighted by molar-refractivity contribution is -0.122. The molecular formula is C11H18O. The number of Topliss-reactive ketones (excluding diaryl/α,β-unsaturated/α-hetero) is 1. The third-order valence-electron chi connectivity index (χ3n) is 1.87. The van der Waals surface area contributed by atoms with Crippen LogP contribution in [0.2, 0.25) is 0 Å². The van der Waals surface area contributed by atoms with Gasteiger partial charge in [-0.3, -0.25) is 4.79 Å². The summed E-state index contributed by atoms with van der Waals surface area (Å²) in [6, 6.07) is 0. The third-order valence-corrected chi connectivity index (χ3v) is 1.87. The molecule has 0 aromatic heterocycles. The SMILES string of the molecule is C=CCC(C)C(=O)CCC(=C)C. The second-order valence-electron chi connectivity index (χ2n) is 3.35. The second kappa shape index (κ2) is 5.76. The molecule has 0 fully saturated rings. The van der Waals surface area contributed by atoms with E-state index in [-0.39, 0.29) is 5.92 Å². The quantitative estimate of drug-likeness (QED) is 0.554. The van der Waals surface area contributed by atoms with Crippen LogP contribution in [-0.4, -0.2) is 5.78 Å². The van der Waals surface area contributed by atoms with E-state index in [1.807, 2.05) is 13.8 Å². The number of hydrogen-bond donors (Lipinski definition) is 0. The molecule has 1 nitrogen and oxygen atoms in total. The first-order valence-electron chi connectivity index (χ1n) is 4.36. The molecule has 1 atom stereocenters. The van der Waals surface area contributed by atoms with Gasteiger partial charge in [0.25, 0.3) is 0 Å². The molecule has 0 aromatic rings. The van der Waals surface area contributed by atoms with Crippen LogP contribution in [0.25, 0.3) is 0 Å². The van der Waals surface area contributed by atoms with Gasteiger partial charge >= 0.3 is 0 Å². The molecule has 0 rings (SSSR count). The fourth-order valence-electron chi connectivity index (χ4n) is 0.964. The Morgan fingerprint density at radius 1 is 1.50 bits per heavy atom. The van der Waals surface area contributed by atoms with Crippen molar-refractivity contribution in [3.8, 4) is 0 Å². The van der Waals surface area contributed by atoms with Gasteiger partial charge in [-0.2, -0.15) is 0 Å². The summed E-state index contributed by atoms with van der Waals surface area (Å²) in [4.78, 5) is 11.3. The zero-order chi connectivity index (χ0) is 9.56. The minimum absolute atomic E-state index is 0.127. The summed E-state index contributed by atoms with van der Waals surface area (Å²) in [6.07, 6.45) is 4.03. The largest absolute Gasteiger partial charge is 0.299 e. The molecule has 0 saturated carbocycles. The smallest absolute Gasteiger partial charge is 0.136 e. The zero-order valence-electron chi connectivity index (χ0n) is 8.10. The molecular weight excluding hydrogens is 148 g/mol. The Kier molecular flexibility index (Phi) is 5.35. The van der Waals surface area contributed by atoms with Crippen LogP contribution in [0.15, 0.2) is 24.8 Å². The van der Waals surface area contributed by atoms with Crippen molar-refractivity contribution in [2.45, 2.75) is 33.1 Å². The van der Waals surface area contributed by atoms with Crippen molar-refractivity contribution < 1.29 is 4.79 Å². The molecule has 0 saturated heterocycles. The van der Waals surface area contributed by atoms with Crippen molar-refractivity contribution in [2.24, 2.45) is 5.92 Å². The van der Waals surface area contributed by atoms with Gasteiger partial charge in [-0.1, -0.05) is 18.6 Å². The maximum absolute atomic E-state index is 11.3. The van der Waals surface area contributed by atoms with Gasteiger partial charge in [0.1, 0.15) is 5.78 Å². The van der Waals surface area contributed by atoms with Crippen molar-refractivity contribution in [3.05, 3.63) is 24.8 Å². The number of carbonyl (C=O) groups excluding carboxylic acids is 1. The highest BCUT2D eigenvalue weighted by molar-refractivity contribution is 5.80. The lowest BCUT2D eigenvalue weighted by Gasteiger charge is -2.06. The minimum Gasteiger partial charge on any atom is -0.299 e. The van der Waals surface area contributed by atoms with Crippen molar-refractivity contribution in [1.29, 1.82) is 0 Å². The van der Waals surface area contributed by atoms with Crippen molar-refractivity contribution in [1.82, 2.24) is 0 Å². The summed E-state index contributed by atoms with van der Waals surface area (Å²) in [5.41, 5.74) is 1.08. The van der Waals surface area contributed by atoms with E-state index in [4.69, 9.17) is 0 Å². The standard InChI is InChI=1S/C11H18O/c1-5-6-10(4)11(12)8-7-9(2)3/h5,10H,1-2,6-8H2,3-4H3.